The van der Waals surface area contributed by atoms with E-state index in [2.05, 4.69) is 31.2 Å². The average molecular weight is 200 g/mol. The summed E-state index contributed by atoms with van der Waals surface area (Å²) in [5.41, 5.74) is 0. The first kappa shape index (κ1) is 10.2. The van der Waals surface area contributed by atoms with Gasteiger partial charge >= 0.3 is 84.2 Å². The molecule has 0 aromatic carbocycles. The second-order valence-corrected chi connectivity index (χ2v) is 4.83. The molecule has 1 nitrogen and oxygen atoms in total. The zero-order chi connectivity index (χ0) is 8.65. The van der Waals surface area contributed by atoms with Crippen molar-refractivity contribution in [3.05, 3.63) is 24.3 Å². The number of rotatable bonds is 6. The van der Waals surface area contributed by atoms with E-state index >= 15 is 0 Å². The Morgan fingerprint density at radius 3 is 2.67 bits per heavy atom. The summed E-state index contributed by atoms with van der Waals surface area (Å²) in [7, 11) is 0. The molecular formula is C10H16OTi. The van der Waals surface area contributed by atoms with Crippen molar-refractivity contribution in [2.45, 2.75) is 30.4 Å². The molecule has 0 saturated heterocycles. The van der Waals surface area contributed by atoms with E-state index in [0.717, 1.165) is 6.61 Å². The zero-order valence-electron chi connectivity index (χ0n) is 7.62. The first-order chi connectivity index (χ1) is 5.93. The van der Waals surface area contributed by atoms with Gasteiger partial charge in [0, 0.05) is 0 Å². The van der Waals surface area contributed by atoms with Crippen LogP contribution >= 0.6 is 0 Å². The molecule has 0 aliphatic heterocycles. The van der Waals surface area contributed by atoms with E-state index in [4.69, 9.17) is 3.32 Å². The molecule has 0 fully saturated rings. The van der Waals surface area contributed by atoms with Crippen molar-refractivity contribution in [1.82, 2.24) is 0 Å². The number of hydrogen-bond acceptors (Lipinski definition) is 1. The van der Waals surface area contributed by atoms with Gasteiger partial charge in [-0.3, -0.25) is 0 Å². The van der Waals surface area contributed by atoms with Gasteiger partial charge in [0.25, 0.3) is 0 Å². The quantitative estimate of drug-likeness (QED) is 0.472. The Morgan fingerprint density at radius 1 is 1.25 bits per heavy atom. The zero-order valence-corrected chi connectivity index (χ0v) is 9.18. The molecule has 0 bridgehead atoms. The van der Waals surface area contributed by atoms with Gasteiger partial charge in [0.2, 0.25) is 0 Å². The second-order valence-electron chi connectivity index (χ2n) is 2.97. The van der Waals surface area contributed by atoms with Crippen LogP contribution in [0.15, 0.2) is 24.3 Å². The summed E-state index contributed by atoms with van der Waals surface area (Å²) in [5, 5.41) is 0. The second kappa shape index (κ2) is 6.65. The third kappa shape index (κ3) is 4.25. The van der Waals surface area contributed by atoms with Gasteiger partial charge in [0.1, 0.15) is 0 Å². The number of hydrogen-bond donors (Lipinski definition) is 0. The molecule has 12 heavy (non-hydrogen) atoms. The molecule has 0 atom stereocenters. The predicted molar refractivity (Wildman–Crippen MR) is 47.5 cm³/mol. The van der Waals surface area contributed by atoms with Gasteiger partial charge in [-0.05, 0) is 0 Å². The van der Waals surface area contributed by atoms with E-state index in [1.807, 2.05) is 0 Å². The summed E-state index contributed by atoms with van der Waals surface area (Å²) < 4.78 is 6.30. The summed E-state index contributed by atoms with van der Waals surface area (Å²) in [4.78, 5) is 0. The van der Waals surface area contributed by atoms with Crippen LogP contribution in [0.1, 0.15) is 26.2 Å². The molecule has 1 aliphatic rings. The van der Waals surface area contributed by atoms with E-state index in [-0.39, 0.29) is 19.5 Å². The van der Waals surface area contributed by atoms with Gasteiger partial charge in [-0.1, -0.05) is 0 Å². The fraction of sp³-hybridized carbons (Fsp3) is 0.600. The Hall–Kier alpha value is 0.154. The molecule has 0 aromatic rings. The molecule has 0 radical (unpaired) electrons. The number of unbranched alkanes of at least 4 members (excludes halogenated alkanes) is 2. The summed E-state index contributed by atoms with van der Waals surface area (Å²) in [6, 6.07) is 0. The summed E-state index contributed by atoms with van der Waals surface area (Å²) >= 11 is -0.197. The van der Waals surface area contributed by atoms with Gasteiger partial charge in [-0.25, -0.2) is 0 Å². The van der Waals surface area contributed by atoms with Crippen molar-refractivity contribution in [3.63, 3.8) is 0 Å². The predicted octanol–water partition coefficient (Wildman–Crippen LogP) is 3.11. The van der Waals surface area contributed by atoms with E-state index < -0.39 is 0 Å². The molecular weight excluding hydrogens is 184 g/mol. The van der Waals surface area contributed by atoms with Gasteiger partial charge < -0.3 is 0 Å². The summed E-state index contributed by atoms with van der Waals surface area (Å²) in [5.74, 6) is 0. The van der Waals surface area contributed by atoms with Crippen LogP contribution in [0.4, 0.5) is 0 Å². The normalized spacial score (nSPS) is 15.8. The van der Waals surface area contributed by atoms with Gasteiger partial charge in [0.15, 0.2) is 0 Å². The van der Waals surface area contributed by atoms with Crippen LogP contribution in [-0.2, 0) is 22.9 Å². The maximum atomic E-state index is 5.64. The topological polar surface area (TPSA) is 9.23 Å². The molecule has 0 aromatic heterocycles. The van der Waals surface area contributed by atoms with E-state index in [9.17, 15) is 0 Å². The fourth-order valence-electron chi connectivity index (χ4n) is 1.09. The minimum absolute atomic E-state index is 0.197. The van der Waals surface area contributed by atoms with Crippen LogP contribution in [-0.4, -0.2) is 6.61 Å². The van der Waals surface area contributed by atoms with Crippen molar-refractivity contribution in [1.29, 1.82) is 0 Å². The molecule has 1 rings (SSSR count). The minimum atomic E-state index is -0.197. The first-order valence-electron chi connectivity index (χ1n) is 4.66. The van der Waals surface area contributed by atoms with Crippen molar-refractivity contribution in [3.8, 4) is 0 Å². The summed E-state index contributed by atoms with van der Waals surface area (Å²) in [6.45, 7) is 3.20. The van der Waals surface area contributed by atoms with E-state index in [1.54, 1.807) is 0 Å². The van der Waals surface area contributed by atoms with E-state index in [1.165, 1.54) is 19.3 Å². The van der Waals surface area contributed by atoms with Crippen molar-refractivity contribution in [2.75, 3.05) is 6.61 Å². The van der Waals surface area contributed by atoms with Gasteiger partial charge in [-0.15, -0.1) is 0 Å². The van der Waals surface area contributed by atoms with Crippen molar-refractivity contribution < 1.29 is 22.9 Å². The average Bonchev–Trinajstić information content (AvgIpc) is 2.57. The third-order valence-electron chi connectivity index (χ3n) is 1.82. The molecule has 66 valence electrons. The molecule has 0 spiro atoms. The Morgan fingerprint density at radius 2 is 2.00 bits per heavy atom. The molecule has 0 amide bonds. The molecule has 1 aliphatic carbocycles. The fourth-order valence-corrected chi connectivity index (χ4v) is 2.39. The molecule has 2 heteroatoms. The van der Waals surface area contributed by atoms with Crippen LogP contribution < -0.4 is 0 Å². The van der Waals surface area contributed by atoms with Crippen LogP contribution in [0.5, 0.6) is 0 Å². The van der Waals surface area contributed by atoms with Gasteiger partial charge in [0.05, 0.1) is 0 Å². The molecule has 0 saturated carbocycles. The Labute approximate surface area is 84.3 Å². The van der Waals surface area contributed by atoms with Crippen LogP contribution in [0.25, 0.3) is 0 Å². The molecule has 0 heterocycles. The summed E-state index contributed by atoms with van der Waals surface area (Å²) in [6.07, 6.45) is 12.5. The van der Waals surface area contributed by atoms with Crippen molar-refractivity contribution >= 4 is 0 Å². The van der Waals surface area contributed by atoms with Crippen LogP contribution in [0, 0.1) is 0 Å². The van der Waals surface area contributed by atoms with Gasteiger partial charge in [-0.2, -0.15) is 0 Å². The van der Waals surface area contributed by atoms with E-state index in [0.29, 0.717) is 4.22 Å². The Balaban J connectivity index is 1.89. The first-order valence-corrected chi connectivity index (χ1v) is 6.19. The van der Waals surface area contributed by atoms with Crippen molar-refractivity contribution in [2.24, 2.45) is 0 Å². The van der Waals surface area contributed by atoms with Crippen LogP contribution in [0.2, 0.25) is 4.22 Å². The Bertz CT molecular complexity index is 151. The number of allylic oxidation sites excluding steroid dienone is 4. The maximum absolute atomic E-state index is 5.64. The van der Waals surface area contributed by atoms with Crippen LogP contribution in [0.3, 0.4) is 0 Å². The molecule has 0 unspecified atom stereocenters. The molecule has 0 N–H and O–H groups in total. The standard InChI is InChI=1S/C5H11O.C5H5.Ti/c1-2-3-4-5-6;1-2-4-5-3-1;/h2-5H2,1H3;1-5H;/q-1;;+1. The monoisotopic (exact) mass is 200 g/mol. The Kier molecular flexibility index (Phi) is 5.67. The SMILES string of the molecule is CCCCC[O][Ti][CH]1C=CC=C1. The third-order valence-corrected chi connectivity index (χ3v) is 3.42.